The van der Waals surface area contributed by atoms with E-state index in [4.69, 9.17) is 10.5 Å². The average molecular weight is 601 g/mol. The predicted molar refractivity (Wildman–Crippen MR) is 165 cm³/mol. The van der Waals surface area contributed by atoms with Crippen LogP contribution in [0.25, 0.3) is 0 Å². The maximum Gasteiger partial charge on any atom is 0.234 e. The van der Waals surface area contributed by atoms with Crippen LogP contribution in [0.15, 0.2) is 75.5 Å². The summed E-state index contributed by atoms with van der Waals surface area (Å²) < 4.78 is 5.73. The van der Waals surface area contributed by atoms with Crippen molar-refractivity contribution in [3.05, 3.63) is 82.3 Å². The Labute approximate surface area is 253 Å². The molecule has 3 aromatic rings. The third-order valence-electron chi connectivity index (χ3n) is 7.39. The highest BCUT2D eigenvalue weighted by molar-refractivity contribution is 8.01. The number of allylic oxidation sites excluding steroid dienone is 3. The van der Waals surface area contributed by atoms with Crippen LogP contribution in [0.1, 0.15) is 50.7 Å². The zero-order valence-corrected chi connectivity index (χ0v) is 25.6. The van der Waals surface area contributed by atoms with E-state index >= 15 is 0 Å². The molecule has 1 amide bonds. The maximum atomic E-state index is 13.7. The fourth-order valence-electron chi connectivity index (χ4n) is 5.36. The van der Waals surface area contributed by atoms with Crippen LogP contribution in [-0.4, -0.2) is 34.8 Å². The van der Waals surface area contributed by atoms with Gasteiger partial charge in [0, 0.05) is 23.4 Å². The van der Waals surface area contributed by atoms with Gasteiger partial charge in [-0.2, -0.15) is 5.26 Å². The van der Waals surface area contributed by atoms with Gasteiger partial charge in [0.1, 0.15) is 11.6 Å². The molecule has 216 valence electrons. The molecule has 1 atom stereocenters. The molecule has 42 heavy (non-hydrogen) atoms. The maximum absolute atomic E-state index is 13.7. The highest BCUT2D eigenvalue weighted by Gasteiger charge is 2.45. The monoisotopic (exact) mass is 600 g/mol. The number of hydrogen-bond donors (Lipinski definition) is 2. The van der Waals surface area contributed by atoms with E-state index in [1.54, 1.807) is 36.3 Å². The summed E-state index contributed by atoms with van der Waals surface area (Å²) in [5.74, 6) is 0.356. The normalized spacial score (nSPS) is 18.0. The van der Waals surface area contributed by atoms with Crippen molar-refractivity contribution in [1.82, 2.24) is 10.2 Å². The molecular formula is C31H32N6O3S2. The van der Waals surface area contributed by atoms with E-state index in [9.17, 15) is 14.9 Å². The summed E-state index contributed by atoms with van der Waals surface area (Å²) >= 11 is 2.52. The lowest BCUT2D eigenvalue weighted by Crippen LogP contribution is -2.42. The zero-order chi connectivity index (χ0) is 30.0. The van der Waals surface area contributed by atoms with Crippen molar-refractivity contribution in [2.24, 2.45) is 11.1 Å². The first-order chi connectivity index (χ1) is 20.1. The van der Waals surface area contributed by atoms with Crippen molar-refractivity contribution < 1.29 is 14.3 Å². The number of nitrogens with zero attached hydrogens (tertiary/aromatic N) is 4. The van der Waals surface area contributed by atoms with E-state index in [-0.39, 0.29) is 28.7 Å². The number of anilines is 2. The summed E-state index contributed by atoms with van der Waals surface area (Å²) in [5.41, 5.74) is 10.8. The number of thioether (sulfide) groups is 1. The minimum Gasteiger partial charge on any atom is -0.497 e. The van der Waals surface area contributed by atoms with Gasteiger partial charge >= 0.3 is 0 Å². The number of hydrogen-bond acceptors (Lipinski definition) is 10. The van der Waals surface area contributed by atoms with Crippen molar-refractivity contribution in [2.45, 2.75) is 50.3 Å². The molecule has 2 aliphatic rings. The minimum atomic E-state index is -0.542. The number of rotatable bonds is 8. The van der Waals surface area contributed by atoms with Crippen molar-refractivity contribution in [1.29, 1.82) is 5.26 Å². The van der Waals surface area contributed by atoms with Gasteiger partial charge in [0.05, 0.1) is 30.4 Å². The van der Waals surface area contributed by atoms with E-state index in [0.717, 1.165) is 17.7 Å². The first kappa shape index (κ1) is 29.4. The quantitative estimate of drug-likeness (QED) is 0.309. The summed E-state index contributed by atoms with van der Waals surface area (Å²) in [6, 6.07) is 17.4. The SMILES string of the molecule is CCc1ccc(C2C(C#N)=C(N)N(c3nnc(SCC(=O)Nc4ccc(OC)cc4)s3)C3=C2C(=O)CC(C)(C)C3)cc1. The zero-order valence-electron chi connectivity index (χ0n) is 23.9. The van der Waals surface area contributed by atoms with Gasteiger partial charge in [-0.3, -0.25) is 14.5 Å². The van der Waals surface area contributed by atoms with Gasteiger partial charge in [-0.15, -0.1) is 10.2 Å². The van der Waals surface area contributed by atoms with Crippen LogP contribution < -0.4 is 20.7 Å². The van der Waals surface area contributed by atoms with Crippen molar-refractivity contribution in [3.8, 4) is 11.8 Å². The lowest BCUT2D eigenvalue weighted by Gasteiger charge is -2.42. The number of carbonyl (C=O) groups is 2. The van der Waals surface area contributed by atoms with Crippen molar-refractivity contribution in [2.75, 3.05) is 23.1 Å². The number of ketones is 1. The van der Waals surface area contributed by atoms with Crippen molar-refractivity contribution in [3.63, 3.8) is 0 Å². The summed E-state index contributed by atoms with van der Waals surface area (Å²) in [6.45, 7) is 6.20. The third-order valence-corrected chi connectivity index (χ3v) is 9.43. The van der Waals surface area contributed by atoms with Gasteiger partial charge in [0.25, 0.3) is 0 Å². The molecule has 5 rings (SSSR count). The topological polar surface area (TPSA) is 134 Å². The highest BCUT2D eigenvalue weighted by Crippen LogP contribution is 2.50. The van der Waals surface area contributed by atoms with Crippen LogP contribution in [0.5, 0.6) is 5.75 Å². The Morgan fingerprint density at radius 1 is 1.19 bits per heavy atom. The lowest BCUT2D eigenvalue weighted by molar-refractivity contribution is -0.118. The number of nitrogens with one attached hydrogen (secondary N) is 1. The predicted octanol–water partition coefficient (Wildman–Crippen LogP) is 5.78. The highest BCUT2D eigenvalue weighted by atomic mass is 32.2. The fourth-order valence-corrected chi connectivity index (χ4v) is 7.04. The first-order valence-corrected chi connectivity index (χ1v) is 15.4. The third kappa shape index (κ3) is 5.91. The molecule has 1 unspecified atom stereocenters. The molecule has 9 nitrogen and oxygen atoms in total. The minimum absolute atomic E-state index is 0.00499. The Balaban J connectivity index is 1.43. The standard InChI is InChI=1S/C31H32N6O3S2/c1-5-18-6-8-19(9-7-18)26-22(16-32)28(33)37(23-14-31(2,3)15-24(38)27(23)26)29-35-36-30(42-29)41-17-25(39)34-20-10-12-21(40-4)13-11-20/h6-13,26H,5,14-15,17,33H2,1-4H3,(H,34,39). The van der Waals surface area contributed by atoms with Gasteiger partial charge in [-0.25, -0.2) is 0 Å². The van der Waals surface area contributed by atoms with Gasteiger partial charge in [-0.05, 0) is 53.6 Å². The van der Waals surface area contributed by atoms with Crippen LogP contribution in [-0.2, 0) is 16.0 Å². The smallest absolute Gasteiger partial charge is 0.234 e. The molecule has 0 fully saturated rings. The lowest BCUT2D eigenvalue weighted by atomic mass is 9.68. The number of methoxy groups -OCH3 is 1. The summed E-state index contributed by atoms with van der Waals surface area (Å²) in [6.07, 6.45) is 1.86. The second kappa shape index (κ2) is 12.0. The molecule has 0 saturated carbocycles. The Kier molecular flexibility index (Phi) is 8.38. The second-order valence-electron chi connectivity index (χ2n) is 11.0. The van der Waals surface area contributed by atoms with Gasteiger partial charge in [0.15, 0.2) is 10.1 Å². The molecule has 3 N–H and O–H groups in total. The summed E-state index contributed by atoms with van der Waals surface area (Å²) in [4.78, 5) is 28.0. The van der Waals surface area contributed by atoms with E-state index < -0.39 is 5.92 Å². The fraction of sp³-hybridized carbons (Fsp3) is 0.323. The Hall–Kier alpha value is -4.14. The van der Waals surface area contributed by atoms with Crippen molar-refractivity contribution >= 4 is 45.6 Å². The van der Waals surface area contributed by atoms with Gasteiger partial charge in [0.2, 0.25) is 11.0 Å². The molecule has 11 heteroatoms. The average Bonchev–Trinajstić information content (AvgIpc) is 3.44. The molecule has 0 saturated heterocycles. The molecule has 0 radical (unpaired) electrons. The van der Waals surface area contributed by atoms with Crippen LogP contribution in [0.2, 0.25) is 0 Å². The molecule has 2 aromatic carbocycles. The van der Waals surface area contributed by atoms with Crippen LogP contribution in [0.4, 0.5) is 10.8 Å². The Bertz CT molecular complexity index is 1620. The van der Waals surface area contributed by atoms with E-state index in [2.05, 4.69) is 42.4 Å². The number of Topliss-reactive ketones (excluding diaryl/α,β-unsaturated/α-hetero) is 1. The number of amides is 1. The van der Waals surface area contributed by atoms with E-state index in [0.29, 0.717) is 44.9 Å². The van der Waals surface area contributed by atoms with Crippen LogP contribution >= 0.6 is 23.1 Å². The number of aryl methyl sites for hydroxylation is 1. The first-order valence-electron chi connectivity index (χ1n) is 13.6. The number of aromatic nitrogens is 2. The number of ether oxygens (including phenoxy) is 1. The number of carbonyl (C=O) groups excluding carboxylic acids is 2. The van der Waals surface area contributed by atoms with E-state index in [1.165, 1.54) is 28.7 Å². The van der Waals surface area contributed by atoms with Crippen LogP contribution in [0.3, 0.4) is 0 Å². The summed E-state index contributed by atoms with van der Waals surface area (Å²) in [5, 5.41) is 22.3. The number of nitrogens with two attached hydrogens (primary N) is 1. The van der Waals surface area contributed by atoms with Gasteiger partial charge < -0.3 is 15.8 Å². The second-order valence-corrected chi connectivity index (χ2v) is 13.2. The molecular weight excluding hydrogens is 569 g/mol. The molecule has 1 aliphatic heterocycles. The molecule has 1 aliphatic carbocycles. The molecule has 2 heterocycles. The molecule has 0 bridgehead atoms. The number of benzene rings is 2. The molecule has 1 aromatic heterocycles. The van der Waals surface area contributed by atoms with Gasteiger partial charge in [-0.1, -0.05) is 68.1 Å². The van der Waals surface area contributed by atoms with E-state index in [1.807, 2.05) is 24.3 Å². The number of nitriles is 1. The molecule has 0 spiro atoms. The van der Waals surface area contributed by atoms with Crippen LogP contribution in [0, 0.1) is 16.7 Å². The largest absolute Gasteiger partial charge is 0.497 e. The Morgan fingerprint density at radius 2 is 1.90 bits per heavy atom. The summed E-state index contributed by atoms with van der Waals surface area (Å²) in [7, 11) is 1.59. The Morgan fingerprint density at radius 3 is 2.55 bits per heavy atom.